The molecule has 26 heavy (non-hydrogen) atoms. The molecule has 0 fully saturated rings. The van der Waals surface area contributed by atoms with Gasteiger partial charge < -0.3 is 9.47 Å². The monoisotopic (exact) mass is 352 g/mol. The lowest BCUT2D eigenvalue weighted by atomic mass is 9.97. The van der Waals surface area contributed by atoms with Gasteiger partial charge in [0.25, 0.3) is 0 Å². The summed E-state index contributed by atoms with van der Waals surface area (Å²) in [6.07, 6.45) is 7.39. The topological polar surface area (TPSA) is 35.5 Å². The Bertz CT molecular complexity index is 702. The van der Waals surface area contributed by atoms with Crippen LogP contribution in [0.4, 0.5) is 0 Å². The summed E-state index contributed by atoms with van der Waals surface area (Å²) in [5.74, 6) is 0.846. The van der Waals surface area contributed by atoms with Gasteiger partial charge in [-0.2, -0.15) is 0 Å². The van der Waals surface area contributed by atoms with Crippen molar-refractivity contribution < 1.29 is 14.3 Å². The molecule has 0 aromatic heterocycles. The maximum absolute atomic E-state index is 10.6. The number of carbonyl (C=O) groups excluding carboxylic acids is 1. The van der Waals surface area contributed by atoms with E-state index in [1.165, 1.54) is 11.6 Å². The van der Waals surface area contributed by atoms with Gasteiger partial charge in [0, 0.05) is 6.61 Å². The molecule has 0 bridgehead atoms. The van der Waals surface area contributed by atoms with E-state index in [0.717, 1.165) is 54.6 Å². The Morgan fingerprint density at radius 3 is 2.38 bits per heavy atom. The van der Waals surface area contributed by atoms with Crippen LogP contribution < -0.4 is 4.74 Å². The lowest BCUT2D eigenvalue weighted by Gasteiger charge is -2.10. The molecule has 0 radical (unpaired) electrons. The maximum Gasteiger partial charge on any atom is 0.142 e. The first-order valence-corrected chi connectivity index (χ1v) is 9.34. The van der Waals surface area contributed by atoms with Gasteiger partial charge in [0.2, 0.25) is 0 Å². The number of unbranched alkanes of at least 4 members (excludes halogenated alkanes) is 1. The second kappa shape index (κ2) is 11.3. The number of rotatable bonds is 11. The van der Waals surface area contributed by atoms with E-state index in [2.05, 4.69) is 44.2 Å². The highest BCUT2D eigenvalue weighted by Crippen LogP contribution is 2.26. The van der Waals surface area contributed by atoms with Gasteiger partial charge in [-0.25, -0.2) is 0 Å². The summed E-state index contributed by atoms with van der Waals surface area (Å²) in [5.41, 5.74) is 4.57. The van der Waals surface area contributed by atoms with Crippen LogP contribution in [-0.2, 0) is 16.0 Å². The molecule has 2 aromatic carbocycles. The zero-order valence-corrected chi connectivity index (χ0v) is 15.7. The first-order chi connectivity index (χ1) is 12.8. The van der Waals surface area contributed by atoms with E-state index in [1.54, 1.807) is 0 Å². The summed E-state index contributed by atoms with van der Waals surface area (Å²) in [6, 6.07) is 14.4. The fourth-order valence-corrected chi connectivity index (χ4v) is 2.71. The van der Waals surface area contributed by atoms with Crippen LogP contribution in [0.1, 0.15) is 37.8 Å². The van der Waals surface area contributed by atoms with E-state index < -0.39 is 0 Å². The van der Waals surface area contributed by atoms with E-state index in [-0.39, 0.29) is 0 Å². The molecule has 0 spiro atoms. The first kappa shape index (κ1) is 19.9. The molecule has 0 aliphatic rings. The van der Waals surface area contributed by atoms with Crippen LogP contribution in [0.15, 0.2) is 48.5 Å². The third-order valence-electron chi connectivity index (χ3n) is 4.21. The van der Waals surface area contributed by atoms with Crippen LogP contribution in [0.25, 0.3) is 17.2 Å². The predicted octanol–water partition coefficient (Wildman–Crippen LogP) is 5.32. The second-order valence-electron chi connectivity index (χ2n) is 6.10. The molecule has 3 heteroatoms. The minimum atomic E-state index is 0.564. The van der Waals surface area contributed by atoms with Gasteiger partial charge in [0.1, 0.15) is 18.6 Å². The summed E-state index contributed by atoms with van der Waals surface area (Å²) in [5, 5.41) is 0. The van der Waals surface area contributed by atoms with Gasteiger partial charge in [-0.15, -0.1) is 0 Å². The van der Waals surface area contributed by atoms with Crippen LogP contribution in [0.3, 0.4) is 0 Å². The number of ether oxygens (including phenoxy) is 2. The number of carbonyl (C=O) groups is 1. The minimum Gasteiger partial charge on any atom is -0.491 e. The van der Waals surface area contributed by atoms with E-state index in [4.69, 9.17) is 9.47 Å². The quantitative estimate of drug-likeness (QED) is 0.312. The highest BCUT2D eigenvalue weighted by Gasteiger charge is 2.03. The van der Waals surface area contributed by atoms with Crippen molar-refractivity contribution in [1.29, 1.82) is 0 Å². The van der Waals surface area contributed by atoms with Crippen LogP contribution >= 0.6 is 0 Å². The average molecular weight is 352 g/mol. The van der Waals surface area contributed by atoms with E-state index in [9.17, 15) is 4.79 Å². The average Bonchev–Trinajstić information content (AvgIpc) is 2.69. The van der Waals surface area contributed by atoms with E-state index in [1.807, 2.05) is 18.2 Å². The number of hydrogen-bond acceptors (Lipinski definition) is 3. The standard InChI is InChI=1S/C23H28O3/c1-3-5-15-25-16-17-26-23-12-10-20(11-13-23)22-9-8-19(4-2)21(18-22)7-6-14-24/h6-14,18H,3-5,15-17H2,1-2H3/b7-6+. The van der Waals surface area contributed by atoms with Crippen molar-refractivity contribution in [3.05, 3.63) is 59.7 Å². The SMILES string of the molecule is CCCCOCCOc1ccc(-c2ccc(CC)c(/C=C/C=O)c2)cc1. The van der Waals surface area contributed by atoms with Crippen molar-refractivity contribution in [2.24, 2.45) is 0 Å². The number of hydrogen-bond donors (Lipinski definition) is 0. The number of aryl methyl sites for hydroxylation is 1. The molecule has 0 saturated carbocycles. The molecule has 0 atom stereocenters. The molecule has 0 aliphatic heterocycles. The summed E-state index contributed by atoms with van der Waals surface area (Å²) in [7, 11) is 0. The summed E-state index contributed by atoms with van der Waals surface area (Å²) in [4.78, 5) is 10.6. The molecule has 2 aromatic rings. The molecule has 0 N–H and O–H groups in total. The van der Waals surface area contributed by atoms with Crippen LogP contribution in [-0.4, -0.2) is 26.1 Å². The van der Waals surface area contributed by atoms with Gasteiger partial charge in [0.15, 0.2) is 0 Å². The fourth-order valence-electron chi connectivity index (χ4n) is 2.71. The van der Waals surface area contributed by atoms with Crippen molar-refractivity contribution in [1.82, 2.24) is 0 Å². The molecule has 0 saturated heterocycles. The van der Waals surface area contributed by atoms with E-state index in [0.29, 0.717) is 13.2 Å². The van der Waals surface area contributed by atoms with Crippen molar-refractivity contribution in [2.45, 2.75) is 33.1 Å². The Balaban J connectivity index is 1.99. The second-order valence-corrected chi connectivity index (χ2v) is 6.10. The smallest absolute Gasteiger partial charge is 0.142 e. The minimum absolute atomic E-state index is 0.564. The number of benzene rings is 2. The third kappa shape index (κ3) is 6.16. The highest BCUT2D eigenvalue weighted by atomic mass is 16.5. The Morgan fingerprint density at radius 1 is 0.923 bits per heavy atom. The molecule has 3 nitrogen and oxygen atoms in total. The number of allylic oxidation sites excluding steroid dienone is 1. The Labute approximate surface area is 156 Å². The van der Waals surface area contributed by atoms with Crippen molar-refractivity contribution in [3.8, 4) is 16.9 Å². The highest BCUT2D eigenvalue weighted by molar-refractivity contribution is 5.77. The lowest BCUT2D eigenvalue weighted by Crippen LogP contribution is -2.07. The molecule has 0 unspecified atom stereocenters. The fraction of sp³-hybridized carbons (Fsp3) is 0.348. The molecular formula is C23H28O3. The normalized spacial score (nSPS) is 11.0. The van der Waals surface area contributed by atoms with E-state index >= 15 is 0 Å². The Morgan fingerprint density at radius 2 is 1.69 bits per heavy atom. The van der Waals surface area contributed by atoms with Crippen LogP contribution in [0, 0.1) is 0 Å². The largest absolute Gasteiger partial charge is 0.491 e. The molecule has 0 heterocycles. The summed E-state index contributed by atoms with van der Waals surface area (Å²) >= 11 is 0. The zero-order valence-electron chi connectivity index (χ0n) is 15.7. The third-order valence-corrected chi connectivity index (χ3v) is 4.21. The predicted molar refractivity (Wildman–Crippen MR) is 108 cm³/mol. The molecule has 2 rings (SSSR count). The van der Waals surface area contributed by atoms with Crippen LogP contribution in [0.2, 0.25) is 0 Å². The lowest BCUT2D eigenvalue weighted by molar-refractivity contribution is -0.104. The van der Waals surface area contributed by atoms with Crippen LogP contribution in [0.5, 0.6) is 5.75 Å². The van der Waals surface area contributed by atoms with Gasteiger partial charge >= 0.3 is 0 Å². The van der Waals surface area contributed by atoms with Crippen molar-refractivity contribution in [2.75, 3.05) is 19.8 Å². The Kier molecular flexibility index (Phi) is 8.64. The maximum atomic E-state index is 10.6. The molecule has 138 valence electrons. The van der Waals surface area contributed by atoms with Crippen molar-refractivity contribution >= 4 is 12.4 Å². The van der Waals surface area contributed by atoms with Gasteiger partial charge in [-0.1, -0.05) is 50.6 Å². The molecule has 0 amide bonds. The van der Waals surface area contributed by atoms with Crippen molar-refractivity contribution in [3.63, 3.8) is 0 Å². The van der Waals surface area contributed by atoms with Gasteiger partial charge in [-0.3, -0.25) is 4.79 Å². The first-order valence-electron chi connectivity index (χ1n) is 9.34. The number of aldehydes is 1. The summed E-state index contributed by atoms with van der Waals surface area (Å²) < 4.78 is 11.2. The zero-order chi connectivity index (χ0) is 18.6. The van der Waals surface area contributed by atoms with Gasteiger partial charge in [-0.05, 0) is 59.4 Å². The Hall–Kier alpha value is -2.39. The molecule has 0 aliphatic carbocycles. The molecular weight excluding hydrogens is 324 g/mol. The van der Waals surface area contributed by atoms with Gasteiger partial charge in [0.05, 0.1) is 6.61 Å². The summed E-state index contributed by atoms with van der Waals surface area (Å²) in [6.45, 7) is 6.25.